The molecule has 1 atom stereocenters. The monoisotopic (exact) mass is 386 g/mol. The van der Waals surface area contributed by atoms with Gasteiger partial charge in [0.25, 0.3) is 0 Å². The number of hydrogen-bond donors (Lipinski definition) is 0. The third-order valence-electron chi connectivity index (χ3n) is 6.80. The van der Waals surface area contributed by atoms with Crippen molar-refractivity contribution in [3.8, 4) is 0 Å². The number of ether oxygens (including phenoxy) is 1. The molecule has 2 aliphatic rings. The van der Waals surface area contributed by atoms with Crippen LogP contribution in [0.5, 0.6) is 0 Å². The molecule has 1 heterocycles. The Morgan fingerprint density at radius 1 is 1.21 bits per heavy atom. The van der Waals surface area contributed by atoms with Crippen LogP contribution in [0.15, 0.2) is 24.3 Å². The predicted octanol–water partition coefficient (Wildman–Crippen LogP) is 5.38. The smallest absolute Gasteiger partial charge is 0.410 e. The lowest BCUT2D eigenvalue weighted by Gasteiger charge is -2.48. The molecule has 1 aromatic carbocycles. The standard InChI is InChI=1S/C24H38N2O2/c1-6-28-22(27)25(5)21-11-12-24(20-10-8-7-9-19(20)21)14-17-26(18-15-24)16-13-23(2,3)4/h7-10,21H,6,11-18H2,1-5H3/t21-/m0/s1. The van der Waals surface area contributed by atoms with Crippen LogP contribution in [0.1, 0.15) is 77.0 Å². The number of hydrogen-bond acceptors (Lipinski definition) is 3. The summed E-state index contributed by atoms with van der Waals surface area (Å²) < 4.78 is 5.26. The van der Waals surface area contributed by atoms with E-state index in [1.54, 1.807) is 4.90 Å². The van der Waals surface area contributed by atoms with Crippen LogP contribution in [0, 0.1) is 5.41 Å². The van der Waals surface area contributed by atoms with Gasteiger partial charge in [-0.15, -0.1) is 0 Å². The summed E-state index contributed by atoms with van der Waals surface area (Å²) in [6, 6.07) is 8.94. The molecule has 0 saturated carbocycles. The highest BCUT2D eigenvalue weighted by Crippen LogP contribution is 2.49. The summed E-state index contributed by atoms with van der Waals surface area (Å²) >= 11 is 0. The van der Waals surface area contributed by atoms with Crippen LogP contribution < -0.4 is 0 Å². The molecule has 4 nitrogen and oxygen atoms in total. The van der Waals surface area contributed by atoms with E-state index in [0.717, 1.165) is 12.8 Å². The van der Waals surface area contributed by atoms with Gasteiger partial charge in [-0.2, -0.15) is 0 Å². The number of rotatable bonds is 4. The zero-order valence-electron chi connectivity index (χ0n) is 18.5. The lowest BCUT2D eigenvalue weighted by Crippen LogP contribution is -2.47. The molecule has 0 N–H and O–H groups in total. The summed E-state index contributed by atoms with van der Waals surface area (Å²) in [7, 11) is 1.88. The van der Waals surface area contributed by atoms with E-state index < -0.39 is 0 Å². The van der Waals surface area contributed by atoms with E-state index in [2.05, 4.69) is 49.9 Å². The highest BCUT2D eigenvalue weighted by atomic mass is 16.6. The number of amides is 1. The summed E-state index contributed by atoms with van der Waals surface area (Å²) in [6.45, 7) is 12.8. The van der Waals surface area contributed by atoms with Crippen LogP contribution >= 0.6 is 0 Å². The molecule has 3 rings (SSSR count). The number of fused-ring (bicyclic) bond motifs is 2. The van der Waals surface area contributed by atoms with E-state index >= 15 is 0 Å². The molecule has 1 fully saturated rings. The van der Waals surface area contributed by atoms with Crippen LogP contribution in [0.2, 0.25) is 0 Å². The van der Waals surface area contributed by atoms with Gasteiger partial charge < -0.3 is 14.5 Å². The molecule has 0 aromatic heterocycles. The second-order valence-corrected chi connectivity index (χ2v) is 9.88. The average molecular weight is 387 g/mol. The quantitative estimate of drug-likeness (QED) is 0.696. The molecule has 1 amide bonds. The second kappa shape index (κ2) is 8.44. The molecule has 4 heteroatoms. The highest BCUT2D eigenvalue weighted by molar-refractivity contribution is 5.68. The highest BCUT2D eigenvalue weighted by Gasteiger charge is 2.43. The lowest BCUT2D eigenvalue weighted by atomic mass is 9.63. The number of likely N-dealkylation sites (tertiary alicyclic amines) is 1. The van der Waals surface area contributed by atoms with Crippen molar-refractivity contribution < 1.29 is 9.53 Å². The summed E-state index contributed by atoms with van der Waals surface area (Å²) in [6.07, 6.45) is 5.67. The van der Waals surface area contributed by atoms with E-state index in [1.807, 2.05) is 14.0 Å². The van der Waals surface area contributed by atoms with Crippen molar-refractivity contribution in [2.75, 3.05) is 33.3 Å². The fraction of sp³-hybridized carbons (Fsp3) is 0.708. The zero-order valence-corrected chi connectivity index (χ0v) is 18.5. The Kier molecular flexibility index (Phi) is 6.38. The maximum absolute atomic E-state index is 12.3. The number of benzene rings is 1. The molecular weight excluding hydrogens is 348 g/mol. The molecule has 1 aliphatic carbocycles. The first-order valence-corrected chi connectivity index (χ1v) is 11.0. The van der Waals surface area contributed by atoms with Crippen molar-refractivity contribution in [3.63, 3.8) is 0 Å². The third-order valence-corrected chi connectivity index (χ3v) is 6.80. The maximum Gasteiger partial charge on any atom is 0.410 e. The largest absolute Gasteiger partial charge is 0.450 e. The second-order valence-electron chi connectivity index (χ2n) is 9.88. The Balaban J connectivity index is 1.74. The van der Waals surface area contributed by atoms with Gasteiger partial charge in [-0.05, 0) is 80.6 Å². The van der Waals surface area contributed by atoms with Crippen molar-refractivity contribution in [1.29, 1.82) is 0 Å². The number of piperidine rings is 1. The van der Waals surface area contributed by atoms with Crippen molar-refractivity contribution in [2.45, 2.75) is 71.3 Å². The first-order chi connectivity index (χ1) is 13.3. The molecule has 1 aromatic rings. The summed E-state index contributed by atoms with van der Waals surface area (Å²) in [4.78, 5) is 16.8. The number of carbonyl (C=O) groups excluding carboxylic acids is 1. The molecule has 0 bridgehead atoms. The topological polar surface area (TPSA) is 32.8 Å². The van der Waals surface area contributed by atoms with Crippen LogP contribution in [-0.2, 0) is 10.2 Å². The zero-order chi connectivity index (χ0) is 20.4. The van der Waals surface area contributed by atoms with Gasteiger partial charge in [0.2, 0.25) is 0 Å². The molecule has 0 radical (unpaired) electrons. The fourth-order valence-electron chi connectivity index (χ4n) is 4.95. The summed E-state index contributed by atoms with van der Waals surface area (Å²) in [5.74, 6) is 0. The van der Waals surface area contributed by atoms with E-state index in [4.69, 9.17) is 4.74 Å². The first-order valence-electron chi connectivity index (χ1n) is 11.0. The molecule has 28 heavy (non-hydrogen) atoms. The molecule has 1 spiro atoms. The van der Waals surface area contributed by atoms with Crippen LogP contribution in [0.4, 0.5) is 4.79 Å². The van der Waals surface area contributed by atoms with Gasteiger partial charge in [0.05, 0.1) is 12.6 Å². The minimum atomic E-state index is -0.213. The molecule has 1 saturated heterocycles. The van der Waals surface area contributed by atoms with E-state index in [-0.39, 0.29) is 17.6 Å². The Morgan fingerprint density at radius 3 is 2.54 bits per heavy atom. The van der Waals surface area contributed by atoms with Gasteiger partial charge in [0.1, 0.15) is 0 Å². The molecule has 1 aliphatic heterocycles. The minimum Gasteiger partial charge on any atom is -0.450 e. The Labute approximate surface area is 171 Å². The van der Waals surface area contributed by atoms with Crippen LogP contribution in [0.3, 0.4) is 0 Å². The maximum atomic E-state index is 12.3. The van der Waals surface area contributed by atoms with E-state index in [1.165, 1.54) is 50.0 Å². The third kappa shape index (κ3) is 4.53. The van der Waals surface area contributed by atoms with Crippen LogP contribution in [-0.4, -0.2) is 49.2 Å². The van der Waals surface area contributed by atoms with Crippen molar-refractivity contribution >= 4 is 6.09 Å². The van der Waals surface area contributed by atoms with E-state index in [9.17, 15) is 4.79 Å². The number of nitrogens with zero attached hydrogens (tertiary/aromatic N) is 2. The van der Waals surface area contributed by atoms with Crippen molar-refractivity contribution in [1.82, 2.24) is 9.80 Å². The summed E-state index contributed by atoms with van der Waals surface area (Å²) in [5, 5.41) is 0. The van der Waals surface area contributed by atoms with Crippen LogP contribution in [0.25, 0.3) is 0 Å². The predicted molar refractivity (Wildman–Crippen MR) is 115 cm³/mol. The van der Waals surface area contributed by atoms with Gasteiger partial charge in [0.15, 0.2) is 0 Å². The van der Waals surface area contributed by atoms with Gasteiger partial charge in [-0.3, -0.25) is 0 Å². The average Bonchev–Trinajstić information content (AvgIpc) is 2.67. The van der Waals surface area contributed by atoms with Gasteiger partial charge in [-0.25, -0.2) is 4.79 Å². The summed E-state index contributed by atoms with van der Waals surface area (Å²) in [5.41, 5.74) is 3.48. The fourth-order valence-corrected chi connectivity index (χ4v) is 4.95. The van der Waals surface area contributed by atoms with Gasteiger partial charge in [0, 0.05) is 7.05 Å². The Bertz CT molecular complexity index is 671. The molecule has 0 unspecified atom stereocenters. The normalized spacial score (nSPS) is 22.0. The van der Waals surface area contributed by atoms with Gasteiger partial charge in [-0.1, -0.05) is 45.0 Å². The molecular formula is C24H38N2O2. The Morgan fingerprint density at radius 2 is 1.89 bits per heavy atom. The lowest BCUT2D eigenvalue weighted by molar-refractivity contribution is 0.0845. The Hall–Kier alpha value is -1.55. The number of carbonyl (C=O) groups is 1. The molecule has 156 valence electrons. The van der Waals surface area contributed by atoms with Crippen molar-refractivity contribution in [3.05, 3.63) is 35.4 Å². The van der Waals surface area contributed by atoms with Gasteiger partial charge >= 0.3 is 6.09 Å². The first kappa shape index (κ1) is 21.2. The minimum absolute atomic E-state index is 0.125. The van der Waals surface area contributed by atoms with Crippen molar-refractivity contribution in [2.24, 2.45) is 5.41 Å². The van der Waals surface area contributed by atoms with E-state index in [0.29, 0.717) is 12.0 Å². The SMILES string of the molecule is CCOC(=O)N(C)[C@H]1CCC2(CCN(CCC(C)(C)C)CC2)c2ccccc21.